The predicted molar refractivity (Wildman–Crippen MR) is 238 cm³/mol. The van der Waals surface area contributed by atoms with E-state index in [4.69, 9.17) is 0 Å². The zero-order valence-corrected chi connectivity index (χ0v) is 43.2. The van der Waals surface area contributed by atoms with Gasteiger partial charge < -0.3 is 0 Å². The Labute approximate surface area is 394 Å². The standard InChI is InChI=1S/2C22H19F6.C3H4F3.CH3.2ClH.H2Si.Zr/c2*1-12-18(20(2,3)4)10-13-6-5-7-17(19(12)13)14-8-15(21(23,24)25)11-16(9-14)22(26,27)28;1-2-3(4,5)6;;;;;/h2*5-11H,1-4H3;1-2H2;1H3;2*1H;1H2;. The number of fused-ring (bicyclic) bond motifs is 2. The maximum absolute atomic E-state index is 14.9. The molecule has 67 heavy (non-hydrogen) atoms. The molecule has 2 atom stereocenters. The minimum atomic E-state index is -5.81. The molecule has 0 nitrogen and oxygen atoms in total. The van der Waals surface area contributed by atoms with E-state index < -0.39 is 110 Å². The third-order valence-corrected chi connectivity index (χ3v) is 35.7. The van der Waals surface area contributed by atoms with Gasteiger partial charge >= 0.3 is 372 Å². The molecule has 0 bridgehead atoms. The summed E-state index contributed by atoms with van der Waals surface area (Å²) in [6, 6.07) is 11.5. The Hall–Kier alpha value is -3.01. The van der Waals surface area contributed by atoms with Gasteiger partial charge in [0.25, 0.3) is 0 Å². The van der Waals surface area contributed by atoms with Crippen LogP contribution in [-0.4, -0.2) is 13.1 Å². The molecule has 0 heterocycles. The number of hydrogen-bond donors (Lipinski definition) is 0. The Balaban J connectivity index is 0.00000490. The molecule has 0 fully saturated rings. The second kappa shape index (κ2) is 17.7. The number of rotatable bonds is 6. The molecule has 0 saturated heterocycles. The van der Waals surface area contributed by atoms with E-state index in [-0.39, 0.29) is 48.1 Å². The molecule has 0 N–H and O–H groups in total. The van der Waals surface area contributed by atoms with Crippen molar-refractivity contribution in [2.75, 3.05) is 0 Å². The minimum absolute atomic E-state index is 0. The van der Waals surface area contributed by atoms with Crippen molar-refractivity contribution in [3.63, 3.8) is 0 Å². The summed E-state index contributed by atoms with van der Waals surface area (Å²) in [5.41, 5.74) is -4.99. The Morgan fingerprint density at radius 1 is 0.478 bits per heavy atom. The van der Waals surface area contributed by atoms with Crippen LogP contribution in [0.15, 0.2) is 83.9 Å². The van der Waals surface area contributed by atoms with Crippen molar-refractivity contribution < 1.29 is 83.3 Å². The van der Waals surface area contributed by atoms with Crippen LogP contribution in [-0.2, 0) is 42.1 Å². The number of halogens is 17. The molecule has 0 amide bonds. The third kappa shape index (κ3) is 10.6. The van der Waals surface area contributed by atoms with Crippen molar-refractivity contribution in [2.24, 2.45) is 10.8 Å². The van der Waals surface area contributed by atoms with E-state index in [1.165, 1.54) is 31.1 Å². The van der Waals surface area contributed by atoms with Crippen LogP contribution in [0.4, 0.5) is 65.9 Å². The number of alkyl halides is 15. The summed E-state index contributed by atoms with van der Waals surface area (Å²) in [7, 11) is 0. The topological polar surface area (TPSA) is 0 Å². The Morgan fingerprint density at radius 2 is 0.761 bits per heavy atom. The summed E-state index contributed by atoms with van der Waals surface area (Å²) in [4.78, 5) is 0. The van der Waals surface area contributed by atoms with Crippen molar-refractivity contribution in [2.45, 2.75) is 109 Å². The van der Waals surface area contributed by atoms with Gasteiger partial charge in [0, 0.05) is 0 Å². The molecule has 0 radical (unpaired) electrons. The average Bonchev–Trinajstić information content (AvgIpc) is 3.65. The van der Waals surface area contributed by atoms with Crippen molar-refractivity contribution >= 4 is 42.8 Å². The van der Waals surface area contributed by atoms with Crippen LogP contribution < -0.4 is 0 Å². The molecular formula is C48H49Cl2F15SiZr. The molecule has 2 aliphatic rings. The fourth-order valence-electron chi connectivity index (χ4n) is 10.9. The molecule has 4 aromatic carbocycles. The predicted octanol–water partition coefficient (Wildman–Crippen LogP) is 18.0. The first-order valence-electron chi connectivity index (χ1n) is 20.6. The van der Waals surface area contributed by atoms with Crippen molar-refractivity contribution in [3.05, 3.63) is 128 Å². The fraction of sp³-hybridized carbons (Fsp3) is 0.417. The van der Waals surface area contributed by atoms with E-state index in [2.05, 4.69) is 0 Å². The minimum Gasteiger partial charge on any atom is -0.147 e. The molecule has 0 aliphatic heterocycles. The summed E-state index contributed by atoms with van der Waals surface area (Å²) in [5.74, 6) is 0. The first-order chi connectivity index (χ1) is 29.2. The van der Waals surface area contributed by atoms with E-state index in [1.807, 2.05) is 46.2 Å². The van der Waals surface area contributed by atoms with Crippen LogP contribution in [0.3, 0.4) is 0 Å². The van der Waals surface area contributed by atoms with E-state index in [0.29, 0.717) is 68.8 Å². The number of allylic oxidation sites excluding steroid dienone is 4. The average molecular weight is 1100 g/mol. The van der Waals surface area contributed by atoms with Gasteiger partial charge in [-0.2, -0.15) is 0 Å². The van der Waals surface area contributed by atoms with E-state index in [9.17, 15) is 65.9 Å². The third-order valence-electron chi connectivity index (χ3n) is 13.2. The second-order valence-electron chi connectivity index (χ2n) is 20.2. The maximum atomic E-state index is 14.9. The van der Waals surface area contributed by atoms with Crippen LogP contribution in [0.2, 0.25) is 8.76 Å². The van der Waals surface area contributed by atoms with Gasteiger partial charge in [0.1, 0.15) is 0 Å². The molecule has 4 aromatic rings. The molecule has 0 spiro atoms. The zero-order chi connectivity index (χ0) is 49.2. The van der Waals surface area contributed by atoms with Crippen molar-refractivity contribution in [3.8, 4) is 22.3 Å². The van der Waals surface area contributed by atoms with Gasteiger partial charge in [0.05, 0.1) is 0 Å². The van der Waals surface area contributed by atoms with Crippen molar-refractivity contribution in [1.29, 1.82) is 0 Å². The summed E-state index contributed by atoms with van der Waals surface area (Å²) >= 11 is -5.81. The van der Waals surface area contributed by atoms with E-state index in [1.54, 1.807) is 26.0 Å². The SMILES string of the molecule is CC1=C(C(C)(C)C)[CH]([Zr]([CH3])(=[SiH2])([CH2]CC(F)(F)F)[CH]2C(C(C)(C)C)=C(C)c3c(-c4cc(C(F)(F)F)cc(C(F)(F)F)c4)cccc32)c2cccc(-c3cc(C(F)(F)F)cc(C(F)(F)F)c3)c21.Cl.Cl. The maximum Gasteiger partial charge on any atom is -0.147 e. The molecule has 2 aliphatic carbocycles. The van der Waals surface area contributed by atoms with Crippen LogP contribution in [0, 0.1) is 10.8 Å². The zero-order valence-electron chi connectivity index (χ0n) is 37.7. The quantitative estimate of drug-likeness (QED) is 0.133. The summed E-state index contributed by atoms with van der Waals surface area (Å²) in [6.07, 6.45) is -26.7. The van der Waals surface area contributed by atoms with Gasteiger partial charge in [-0.15, -0.1) is 24.8 Å². The van der Waals surface area contributed by atoms with Crippen molar-refractivity contribution in [1.82, 2.24) is 0 Å². The van der Waals surface area contributed by atoms with Gasteiger partial charge in [0.2, 0.25) is 0 Å². The summed E-state index contributed by atoms with van der Waals surface area (Å²) in [5, 5.41) is 0. The van der Waals surface area contributed by atoms with Crippen LogP contribution in [0.25, 0.3) is 33.4 Å². The molecular weight excluding hydrogens is 1050 g/mol. The normalized spacial score (nSPS) is 17.6. The molecule has 368 valence electrons. The van der Waals surface area contributed by atoms with Crippen LogP contribution in [0.1, 0.15) is 114 Å². The first kappa shape index (κ1) is 56.6. The molecule has 6 rings (SSSR count). The second-order valence-corrected chi connectivity index (χ2v) is 48.6. The van der Waals surface area contributed by atoms with Crippen LogP contribution >= 0.6 is 24.8 Å². The summed E-state index contributed by atoms with van der Waals surface area (Å²) in [6.45, 7) is 15.8. The monoisotopic (exact) mass is 1100 g/mol. The van der Waals surface area contributed by atoms with Gasteiger partial charge in [-0.1, -0.05) is 0 Å². The first-order valence-corrected chi connectivity index (χ1v) is 33.5. The Morgan fingerprint density at radius 3 is 1.00 bits per heavy atom. The molecule has 19 heteroatoms. The largest absolute Gasteiger partial charge is 0.147 e. The van der Waals surface area contributed by atoms with Gasteiger partial charge in [0.15, 0.2) is 0 Å². The van der Waals surface area contributed by atoms with E-state index in [0.717, 1.165) is 0 Å². The smallest absolute Gasteiger partial charge is 0.147 e. The Kier molecular flexibility index (Phi) is 14.9. The number of hydrogen-bond acceptors (Lipinski definition) is 0. The fourth-order valence-corrected chi connectivity index (χ4v) is 34.9. The summed E-state index contributed by atoms with van der Waals surface area (Å²) < 4.78 is 215. The molecule has 0 aromatic heterocycles. The molecule has 0 saturated carbocycles. The van der Waals surface area contributed by atoms with E-state index >= 15 is 0 Å². The van der Waals surface area contributed by atoms with Gasteiger partial charge in [-0.3, -0.25) is 0 Å². The van der Waals surface area contributed by atoms with Gasteiger partial charge in [-0.05, 0) is 0 Å². The number of benzene rings is 4. The van der Waals surface area contributed by atoms with Gasteiger partial charge in [-0.25, -0.2) is 0 Å². The van der Waals surface area contributed by atoms with Crippen LogP contribution in [0.5, 0.6) is 0 Å². The molecule has 2 unspecified atom stereocenters. The Bertz CT molecular complexity index is 2480.